The highest BCUT2D eigenvalue weighted by atomic mass is 32.2. The monoisotopic (exact) mass is 437 g/mol. The average Bonchev–Trinajstić information content (AvgIpc) is 2.74. The summed E-state index contributed by atoms with van der Waals surface area (Å²) in [7, 11) is -3.78. The predicted molar refractivity (Wildman–Crippen MR) is 125 cm³/mol. The minimum Gasteiger partial charge on any atom is -0.293 e. The molecule has 0 heterocycles. The van der Waals surface area contributed by atoms with E-state index in [1.165, 1.54) is 0 Å². The average molecular weight is 438 g/mol. The molecule has 3 rings (SSSR count). The lowest BCUT2D eigenvalue weighted by molar-refractivity contribution is 0.0898. The standard InChI is InChI=1S/C24H27N3O3S/c1-19(2)27(17-20-9-5-3-6-10-20)18-24(28)21-13-15-23(16-14-21)26-31(29,30)25-22-11-7-4-8-12-22/h3-16,19,25-26H,17-18H2,1-2H3. The summed E-state index contributed by atoms with van der Waals surface area (Å²) in [4.78, 5) is 14.9. The van der Waals surface area contributed by atoms with Gasteiger partial charge in [0.2, 0.25) is 0 Å². The molecule has 2 N–H and O–H groups in total. The molecule has 3 aromatic rings. The second-order valence-corrected chi connectivity index (χ2v) is 8.97. The Morgan fingerprint density at radius 3 is 1.87 bits per heavy atom. The molecule has 0 amide bonds. The van der Waals surface area contributed by atoms with E-state index in [-0.39, 0.29) is 18.4 Å². The zero-order valence-corrected chi connectivity index (χ0v) is 18.5. The van der Waals surface area contributed by atoms with E-state index in [4.69, 9.17) is 0 Å². The molecule has 0 bridgehead atoms. The smallest absolute Gasteiger partial charge is 0.293 e. The molecule has 3 aromatic carbocycles. The van der Waals surface area contributed by atoms with Gasteiger partial charge in [0, 0.05) is 18.2 Å². The number of benzene rings is 3. The van der Waals surface area contributed by atoms with Crippen LogP contribution in [0.3, 0.4) is 0 Å². The quantitative estimate of drug-likeness (QED) is 0.456. The predicted octanol–water partition coefficient (Wildman–Crippen LogP) is 4.55. The zero-order chi connectivity index (χ0) is 22.3. The molecular formula is C24H27N3O3S. The molecule has 0 aromatic heterocycles. The zero-order valence-electron chi connectivity index (χ0n) is 17.7. The number of rotatable bonds is 10. The lowest BCUT2D eigenvalue weighted by Gasteiger charge is -2.25. The van der Waals surface area contributed by atoms with Crippen LogP contribution in [0.25, 0.3) is 0 Å². The summed E-state index contributed by atoms with van der Waals surface area (Å²) in [6, 6.07) is 25.3. The Morgan fingerprint density at radius 2 is 1.32 bits per heavy atom. The van der Waals surface area contributed by atoms with Crippen LogP contribution in [0, 0.1) is 0 Å². The number of carbonyl (C=O) groups excluding carboxylic acids is 1. The number of hydrogen-bond acceptors (Lipinski definition) is 4. The molecule has 0 spiro atoms. The number of nitrogens with one attached hydrogen (secondary N) is 2. The van der Waals surface area contributed by atoms with Crippen LogP contribution in [0.2, 0.25) is 0 Å². The van der Waals surface area contributed by atoms with E-state index in [2.05, 4.69) is 28.2 Å². The van der Waals surface area contributed by atoms with Gasteiger partial charge in [0.25, 0.3) is 0 Å². The summed E-state index contributed by atoms with van der Waals surface area (Å²) >= 11 is 0. The Bertz CT molecular complexity index is 1080. The van der Waals surface area contributed by atoms with E-state index < -0.39 is 10.2 Å². The second kappa shape index (κ2) is 10.2. The maximum absolute atomic E-state index is 12.8. The molecule has 0 atom stereocenters. The number of para-hydroxylation sites is 1. The molecule has 0 aliphatic heterocycles. The van der Waals surface area contributed by atoms with Gasteiger partial charge in [0.1, 0.15) is 0 Å². The van der Waals surface area contributed by atoms with Crippen molar-refractivity contribution in [3.63, 3.8) is 0 Å². The van der Waals surface area contributed by atoms with E-state index in [9.17, 15) is 13.2 Å². The highest BCUT2D eigenvalue weighted by molar-refractivity contribution is 7.94. The summed E-state index contributed by atoms with van der Waals surface area (Å²) in [5.41, 5.74) is 2.54. The van der Waals surface area contributed by atoms with Gasteiger partial charge in [-0.3, -0.25) is 19.1 Å². The number of anilines is 2. The van der Waals surface area contributed by atoms with Crippen LogP contribution in [0.5, 0.6) is 0 Å². The first-order chi connectivity index (χ1) is 14.8. The second-order valence-electron chi connectivity index (χ2n) is 7.56. The van der Waals surface area contributed by atoms with Gasteiger partial charge in [-0.05, 0) is 55.8 Å². The third-order valence-corrected chi connectivity index (χ3v) is 5.80. The van der Waals surface area contributed by atoms with Gasteiger partial charge in [0.05, 0.1) is 17.9 Å². The van der Waals surface area contributed by atoms with Gasteiger partial charge in [0.15, 0.2) is 5.78 Å². The number of hydrogen-bond donors (Lipinski definition) is 2. The van der Waals surface area contributed by atoms with Crippen molar-refractivity contribution in [2.45, 2.75) is 26.4 Å². The molecule has 0 aliphatic rings. The number of Topliss-reactive ketones (excluding diaryl/α,β-unsaturated/α-hetero) is 1. The van der Waals surface area contributed by atoms with E-state index in [0.29, 0.717) is 23.5 Å². The van der Waals surface area contributed by atoms with Crippen LogP contribution in [-0.2, 0) is 16.8 Å². The molecule has 0 fully saturated rings. The first-order valence-corrected chi connectivity index (χ1v) is 11.6. The molecule has 0 unspecified atom stereocenters. The molecule has 0 radical (unpaired) electrons. The largest absolute Gasteiger partial charge is 0.321 e. The maximum atomic E-state index is 12.8. The van der Waals surface area contributed by atoms with Crippen LogP contribution in [0.4, 0.5) is 11.4 Å². The van der Waals surface area contributed by atoms with Gasteiger partial charge < -0.3 is 0 Å². The van der Waals surface area contributed by atoms with Gasteiger partial charge in [-0.25, -0.2) is 0 Å². The molecule has 7 heteroatoms. The first-order valence-electron chi connectivity index (χ1n) is 10.1. The number of ketones is 1. The highest BCUT2D eigenvalue weighted by Gasteiger charge is 2.16. The van der Waals surface area contributed by atoms with Crippen molar-refractivity contribution in [3.05, 3.63) is 96.1 Å². The van der Waals surface area contributed by atoms with Crippen molar-refractivity contribution in [1.29, 1.82) is 0 Å². The molecule has 6 nitrogen and oxygen atoms in total. The summed E-state index contributed by atoms with van der Waals surface area (Å²) in [6.07, 6.45) is 0. The summed E-state index contributed by atoms with van der Waals surface area (Å²) in [5.74, 6) is -0.0125. The normalized spacial score (nSPS) is 11.5. The highest BCUT2D eigenvalue weighted by Crippen LogP contribution is 2.16. The Morgan fingerprint density at radius 1 is 0.806 bits per heavy atom. The summed E-state index contributed by atoms with van der Waals surface area (Å²) < 4.78 is 29.5. The third-order valence-electron chi connectivity index (χ3n) is 4.79. The van der Waals surface area contributed by atoms with E-state index >= 15 is 0 Å². The molecule has 162 valence electrons. The first kappa shape index (κ1) is 22.5. The SMILES string of the molecule is CC(C)N(CC(=O)c1ccc(NS(=O)(=O)Nc2ccccc2)cc1)Cc1ccccc1. The van der Waals surface area contributed by atoms with Gasteiger partial charge >= 0.3 is 10.2 Å². The van der Waals surface area contributed by atoms with Crippen molar-refractivity contribution in [2.75, 3.05) is 16.0 Å². The lowest BCUT2D eigenvalue weighted by atomic mass is 10.1. The van der Waals surface area contributed by atoms with E-state index in [1.54, 1.807) is 54.6 Å². The Hall–Kier alpha value is -3.16. The van der Waals surface area contributed by atoms with Crippen LogP contribution >= 0.6 is 0 Å². The van der Waals surface area contributed by atoms with Crippen LogP contribution in [-0.4, -0.2) is 31.7 Å². The van der Waals surface area contributed by atoms with Crippen molar-refractivity contribution in [2.24, 2.45) is 0 Å². The Balaban J connectivity index is 1.62. The molecule has 0 aliphatic carbocycles. The summed E-state index contributed by atoms with van der Waals surface area (Å²) in [5, 5.41) is 0. The van der Waals surface area contributed by atoms with Crippen LogP contribution < -0.4 is 9.44 Å². The fourth-order valence-electron chi connectivity index (χ4n) is 3.08. The molecule has 0 saturated heterocycles. The Kier molecular flexibility index (Phi) is 7.44. The van der Waals surface area contributed by atoms with Crippen LogP contribution in [0.1, 0.15) is 29.8 Å². The fraction of sp³-hybridized carbons (Fsp3) is 0.208. The van der Waals surface area contributed by atoms with Gasteiger partial charge in [-0.1, -0.05) is 48.5 Å². The van der Waals surface area contributed by atoms with Gasteiger partial charge in [-0.15, -0.1) is 0 Å². The van der Waals surface area contributed by atoms with E-state index in [1.807, 2.05) is 30.3 Å². The summed E-state index contributed by atoms with van der Waals surface area (Å²) in [6.45, 7) is 5.10. The lowest BCUT2D eigenvalue weighted by Crippen LogP contribution is -2.35. The van der Waals surface area contributed by atoms with Crippen LogP contribution in [0.15, 0.2) is 84.9 Å². The minimum atomic E-state index is -3.78. The van der Waals surface area contributed by atoms with Crippen molar-refractivity contribution < 1.29 is 13.2 Å². The number of nitrogens with zero attached hydrogens (tertiary/aromatic N) is 1. The van der Waals surface area contributed by atoms with E-state index in [0.717, 1.165) is 5.56 Å². The van der Waals surface area contributed by atoms with Crippen molar-refractivity contribution in [1.82, 2.24) is 4.90 Å². The Labute approximate surface area is 184 Å². The molecule has 0 saturated carbocycles. The van der Waals surface area contributed by atoms with Crippen molar-refractivity contribution >= 4 is 27.4 Å². The van der Waals surface area contributed by atoms with Crippen molar-refractivity contribution in [3.8, 4) is 0 Å². The fourth-order valence-corrected chi connectivity index (χ4v) is 4.02. The third kappa shape index (κ3) is 6.94. The molecular weight excluding hydrogens is 410 g/mol. The molecule has 31 heavy (non-hydrogen) atoms. The number of carbonyl (C=O) groups is 1. The van der Waals surface area contributed by atoms with Gasteiger partial charge in [-0.2, -0.15) is 8.42 Å². The maximum Gasteiger partial charge on any atom is 0.321 e. The topological polar surface area (TPSA) is 78.5 Å². The minimum absolute atomic E-state index is 0.0125.